The molecule has 0 fully saturated rings. The van der Waals surface area contributed by atoms with Gasteiger partial charge in [-0.15, -0.1) is 0 Å². The molecule has 0 unspecified atom stereocenters. The highest BCUT2D eigenvalue weighted by atomic mass is 15.0. The third kappa shape index (κ3) is 3.85. The van der Waals surface area contributed by atoms with Crippen LogP contribution in [0.5, 0.6) is 0 Å². The summed E-state index contributed by atoms with van der Waals surface area (Å²) < 4.78 is 0. The minimum absolute atomic E-state index is 0.378. The van der Waals surface area contributed by atoms with E-state index in [4.69, 9.17) is 11.3 Å². The van der Waals surface area contributed by atoms with Crippen molar-refractivity contribution < 1.29 is 0 Å². The molecule has 0 saturated heterocycles. The highest BCUT2D eigenvalue weighted by molar-refractivity contribution is 4.99. The van der Waals surface area contributed by atoms with E-state index in [0.717, 1.165) is 12.8 Å². The molecule has 0 heterocycles. The van der Waals surface area contributed by atoms with Crippen molar-refractivity contribution in [3.05, 3.63) is 11.8 Å². The number of rotatable bonds is 4. The second-order valence-electron chi connectivity index (χ2n) is 1.80. The molecule has 0 spiro atoms. The van der Waals surface area contributed by atoms with Gasteiger partial charge < -0.3 is 5.73 Å². The minimum Gasteiger partial charge on any atom is -0.325 e. The van der Waals surface area contributed by atoms with Gasteiger partial charge in [-0.1, -0.05) is 19.4 Å². The quantitative estimate of drug-likeness (QED) is 0.554. The minimum atomic E-state index is 0.378. The number of hydrogen-bond acceptors (Lipinski definition) is 3. The van der Waals surface area contributed by atoms with Gasteiger partial charge >= 0.3 is 0 Å². The number of unbranched alkanes of at least 4 members (excludes halogenated alkanes) is 1. The predicted octanol–water partition coefficient (Wildman–Crippen LogP) is 1.66. The second kappa shape index (κ2) is 5.44. The van der Waals surface area contributed by atoms with Gasteiger partial charge in [0.05, 0.1) is 5.70 Å². The van der Waals surface area contributed by atoms with Gasteiger partial charge in [-0.3, -0.25) is 0 Å². The van der Waals surface area contributed by atoms with E-state index in [9.17, 15) is 0 Å². The van der Waals surface area contributed by atoms with Crippen LogP contribution in [-0.2, 0) is 0 Å². The summed E-state index contributed by atoms with van der Waals surface area (Å²) in [5.74, 6) is 0. The van der Waals surface area contributed by atoms with Crippen LogP contribution >= 0.6 is 0 Å². The van der Waals surface area contributed by atoms with Crippen LogP contribution in [0.15, 0.2) is 16.9 Å². The first-order valence-electron chi connectivity index (χ1n) is 3.11. The fourth-order valence-electron chi connectivity index (χ4n) is 0.486. The van der Waals surface area contributed by atoms with E-state index >= 15 is 0 Å². The summed E-state index contributed by atoms with van der Waals surface area (Å²) in [6.07, 6.45) is 3.95. The Bertz CT molecular complexity index is 107. The van der Waals surface area contributed by atoms with Crippen LogP contribution < -0.4 is 5.73 Å². The molecule has 0 aliphatic carbocycles. The molecule has 0 radical (unpaired) electrons. The van der Waals surface area contributed by atoms with Crippen LogP contribution in [-0.4, -0.2) is 6.54 Å². The van der Waals surface area contributed by atoms with Crippen LogP contribution in [0.2, 0.25) is 0 Å². The maximum absolute atomic E-state index is 6.62. The first-order chi connectivity index (χ1) is 4.35. The average molecular weight is 127 g/mol. The standard InChI is InChI=1S/C6H13N3/c1-2-3-4-6(5-7)9-8/h4,8H,2-3,5,7H2,1H3/b6-4-,9-8?. The third-order valence-electron chi connectivity index (χ3n) is 1.02. The van der Waals surface area contributed by atoms with Crippen molar-refractivity contribution in [2.75, 3.05) is 6.54 Å². The first kappa shape index (κ1) is 8.30. The highest BCUT2D eigenvalue weighted by Gasteiger charge is 1.86. The molecular formula is C6H13N3. The first-order valence-corrected chi connectivity index (χ1v) is 3.11. The van der Waals surface area contributed by atoms with E-state index in [-0.39, 0.29) is 0 Å². The van der Waals surface area contributed by atoms with Crippen LogP contribution in [0.25, 0.3) is 0 Å². The Morgan fingerprint density at radius 2 is 2.44 bits per heavy atom. The summed E-state index contributed by atoms with van der Waals surface area (Å²) in [5, 5.41) is 3.23. The Kier molecular flexibility index (Phi) is 5.01. The summed E-state index contributed by atoms with van der Waals surface area (Å²) in [6, 6.07) is 0. The lowest BCUT2D eigenvalue weighted by Crippen LogP contribution is -1.99. The van der Waals surface area contributed by atoms with Crippen LogP contribution in [0.1, 0.15) is 19.8 Å². The molecule has 0 bridgehead atoms. The molecule has 0 atom stereocenters. The molecule has 0 aliphatic rings. The Morgan fingerprint density at radius 3 is 2.78 bits per heavy atom. The van der Waals surface area contributed by atoms with E-state index in [1.165, 1.54) is 0 Å². The van der Waals surface area contributed by atoms with Gasteiger partial charge in [0.2, 0.25) is 0 Å². The molecule has 0 aromatic rings. The van der Waals surface area contributed by atoms with Crippen LogP contribution in [0, 0.1) is 5.53 Å². The Morgan fingerprint density at radius 1 is 1.78 bits per heavy atom. The zero-order valence-corrected chi connectivity index (χ0v) is 5.72. The zero-order chi connectivity index (χ0) is 7.11. The number of allylic oxidation sites excluding steroid dienone is 1. The maximum atomic E-state index is 6.62. The van der Waals surface area contributed by atoms with Gasteiger partial charge in [0, 0.05) is 6.54 Å². The van der Waals surface area contributed by atoms with Crippen molar-refractivity contribution >= 4 is 0 Å². The predicted molar refractivity (Wildman–Crippen MR) is 37.2 cm³/mol. The van der Waals surface area contributed by atoms with Crippen molar-refractivity contribution in [3.8, 4) is 0 Å². The zero-order valence-electron chi connectivity index (χ0n) is 5.72. The maximum Gasteiger partial charge on any atom is 0.0719 e. The lowest BCUT2D eigenvalue weighted by atomic mass is 10.3. The molecule has 0 rings (SSSR count). The normalized spacial score (nSPS) is 11.6. The van der Waals surface area contributed by atoms with Gasteiger partial charge in [-0.25, -0.2) is 5.53 Å². The van der Waals surface area contributed by atoms with E-state index in [1.807, 2.05) is 6.08 Å². The third-order valence-corrected chi connectivity index (χ3v) is 1.02. The SMILES string of the molecule is CCC/C=C(/CN)N=N. The fourth-order valence-corrected chi connectivity index (χ4v) is 0.486. The summed E-state index contributed by atoms with van der Waals surface area (Å²) in [5.41, 5.74) is 12.5. The van der Waals surface area contributed by atoms with Gasteiger partial charge in [-0.2, -0.15) is 5.11 Å². The van der Waals surface area contributed by atoms with Gasteiger partial charge in [0.1, 0.15) is 0 Å². The fraction of sp³-hybridized carbons (Fsp3) is 0.667. The Hall–Kier alpha value is -0.700. The van der Waals surface area contributed by atoms with E-state index in [0.29, 0.717) is 12.2 Å². The smallest absolute Gasteiger partial charge is 0.0719 e. The van der Waals surface area contributed by atoms with E-state index < -0.39 is 0 Å². The molecule has 3 nitrogen and oxygen atoms in total. The molecule has 0 amide bonds. The molecule has 9 heavy (non-hydrogen) atoms. The van der Waals surface area contributed by atoms with Crippen LogP contribution in [0.3, 0.4) is 0 Å². The van der Waals surface area contributed by atoms with Crippen molar-refractivity contribution in [1.82, 2.24) is 0 Å². The molecule has 0 aromatic carbocycles. The van der Waals surface area contributed by atoms with Gasteiger partial charge in [0.15, 0.2) is 0 Å². The summed E-state index contributed by atoms with van der Waals surface area (Å²) >= 11 is 0. The molecular weight excluding hydrogens is 114 g/mol. The topological polar surface area (TPSA) is 62.2 Å². The monoisotopic (exact) mass is 127 g/mol. The second-order valence-corrected chi connectivity index (χ2v) is 1.80. The number of nitrogens with one attached hydrogen (secondary N) is 1. The molecule has 0 aliphatic heterocycles. The summed E-state index contributed by atoms with van der Waals surface area (Å²) in [6.45, 7) is 2.46. The van der Waals surface area contributed by atoms with Gasteiger partial charge in [0.25, 0.3) is 0 Å². The average Bonchev–Trinajstić information content (AvgIpc) is 1.91. The highest BCUT2D eigenvalue weighted by Crippen LogP contribution is 1.97. The van der Waals surface area contributed by atoms with Crippen molar-refractivity contribution in [3.63, 3.8) is 0 Å². The van der Waals surface area contributed by atoms with Crippen molar-refractivity contribution in [1.29, 1.82) is 5.53 Å². The molecule has 3 heteroatoms. The van der Waals surface area contributed by atoms with E-state index in [2.05, 4.69) is 12.0 Å². The summed E-state index contributed by atoms with van der Waals surface area (Å²) in [7, 11) is 0. The Balaban J connectivity index is 3.61. The molecule has 52 valence electrons. The van der Waals surface area contributed by atoms with Crippen molar-refractivity contribution in [2.24, 2.45) is 10.8 Å². The van der Waals surface area contributed by atoms with Crippen molar-refractivity contribution in [2.45, 2.75) is 19.8 Å². The summed E-state index contributed by atoms with van der Waals surface area (Å²) in [4.78, 5) is 0. The van der Waals surface area contributed by atoms with Gasteiger partial charge in [-0.05, 0) is 6.42 Å². The number of hydrogen-bond donors (Lipinski definition) is 2. The number of nitrogens with two attached hydrogens (primary N) is 1. The largest absolute Gasteiger partial charge is 0.325 e. The molecule has 3 N–H and O–H groups in total. The van der Waals surface area contributed by atoms with E-state index in [1.54, 1.807) is 0 Å². The lowest BCUT2D eigenvalue weighted by Gasteiger charge is -1.91. The molecule has 0 aromatic heterocycles. The molecule has 0 saturated carbocycles. The number of nitrogens with zero attached hydrogens (tertiary/aromatic N) is 1. The van der Waals surface area contributed by atoms with Crippen LogP contribution in [0.4, 0.5) is 0 Å². The lowest BCUT2D eigenvalue weighted by molar-refractivity contribution is 0.911. The Labute approximate surface area is 55.5 Å².